The van der Waals surface area contributed by atoms with Crippen LogP contribution in [-0.4, -0.2) is 39.2 Å². The van der Waals surface area contributed by atoms with Crippen LogP contribution < -0.4 is 11.3 Å². The molecule has 1 amide bonds. The van der Waals surface area contributed by atoms with Crippen LogP contribution in [0.3, 0.4) is 0 Å². The summed E-state index contributed by atoms with van der Waals surface area (Å²) in [5, 5.41) is 8.93. The highest BCUT2D eigenvalue weighted by Crippen LogP contribution is 2.24. The molecular formula is C10H14N4O3. The van der Waals surface area contributed by atoms with Crippen LogP contribution >= 0.6 is 0 Å². The van der Waals surface area contributed by atoms with Gasteiger partial charge in [0.1, 0.15) is 0 Å². The van der Waals surface area contributed by atoms with E-state index >= 15 is 0 Å². The second-order valence-electron chi connectivity index (χ2n) is 4.12. The van der Waals surface area contributed by atoms with Crippen molar-refractivity contribution in [2.75, 3.05) is 18.8 Å². The van der Waals surface area contributed by atoms with Crippen molar-refractivity contribution in [3.63, 3.8) is 0 Å². The van der Waals surface area contributed by atoms with Crippen LogP contribution in [0.4, 0.5) is 10.7 Å². The molecule has 0 bridgehead atoms. The number of nitrogens with two attached hydrogens (primary N) is 1. The zero-order valence-electron chi connectivity index (χ0n) is 9.22. The fourth-order valence-corrected chi connectivity index (χ4v) is 2.10. The number of carboxylic acid groups (broad SMARTS) is 1. The molecule has 1 aliphatic rings. The Labute approximate surface area is 97.3 Å². The van der Waals surface area contributed by atoms with Gasteiger partial charge in [-0.05, 0) is 12.8 Å². The predicted molar refractivity (Wildman–Crippen MR) is 60.8 cm³/mol. The van der Waals surface area contributed by atoms with E-state index < -0.39 is 6.09 Å². The Morgan fingerprint density at radius 2 is 2.41 bits per heavy atom. The smallest absolute Gasteiger partial charge is 0.407 e. The van der Waals surface area contributed by atoms with Crippen LogP contribution in [0.15, 0.2) is 10.9 Å². The SMILES string of the molecule is Nc1nc(C2CCCN(C(=O)O)C2)cc(=O)[nH]1. The molecule has 1 aromatic heterocycles. The first-order valence-electron chi connectivity index (χ1n) is 5.41. The number of hydrogen-bond donors (Lipinski definition) is 3. The molecule has 1 unspecified atom stereocenters. The monoisotopic (exact) mass is 238 g/mol. The Kier molecular flexibility index (Phi) is 2.99. The normalized spacial score (nSPS) is 20.2. The van der Waals surface area contributed by atoms with Crippen molar-refractivity contribution in [1.82, 2.24) is 14.9 Å². The lowest BCUT2D eigenvalue weighted by Crippen LogP contribution is -2.38. The summed E-state index contributed by atoms with van der Waals surface area (Å²) in [6, 6.07) is 1.38. The lowest BCUT2D eigenvalue weighted by Gasteiger charge is -2.30. The number of rotatable bonds is 1. The van der Waals surface area contributed by atoms with Crippen LogP contribution in [0.1, 0.15) is 24.5 Å². The summed E-state index contributed by atoms with van der Waals surface area (Å²) >= 11 is 0. The van der Waals surface area contributed by atoms with Gasteiger partial charge in [-0.2, -0.15) is 0 Å². The number of hydrogen-bond acceptors (Lipinski definition) is 4. The van der Waals surface area contributed by atoms with E-state index in [-0.39, 0.29) is 17.4 Å². The van der Waals surface area contributed by atoms with Gasteiger partial charge < -0.3 is 15.7 Å². The number of carbonyl (C=O) groups is 1. The second kappa shape index (κ2) is 4.44. The van der Waals surface area contributed by atoms with E-state index in [1.54, 1.807) is 0 Å². The average molecular weight is 238 g/mol. The third-order valence-corrected chi connectivity index (χ3v) is 2.89. The van der Waals surface area contributed by atoms with E-state index in [0.29, 0.717) is 18.8 Å². The minimum Gasteiger partial charge on any atom is -0.465 e. The molecule has 0 aromatic carbocycles. The third kappa shape index (κ3) is 2.55. The molecule has 1 atom stereocenters. The molecule has 2 rings (SSSR count). The summed E-state index contributed by atoms with van der Waals surface area (Å²) in [5.41, 5.74) is 5.73. The summed E-state index contributed by atoms with van der Waals surface area (Å²) in [6.45, 7) is 0.899. The van der Waals surface area contributed by atoms with Gasteiger partial charge in [0.15, 0.2) is 0 Å². The molecule has 17 heavy (non-hydrogen) atoms. The van der Waals surface area contributed by atoms with Crippen molar-refractivity contribution in [3.8, 4) is 0 Å². The van der Waals surface area contributed by atoms with Gasteiger partial charge in [0.05, 0.1) is 5.69 Å². The molecule has 4 N–H and O–H groups in total. The van der Waals surface area contributed by atoms with Gasteiger partial charge in [-0.25, -0.2) is 9.78 Å². The van der Waals surface area contributed by atoms with Gasteiger partial charge in [-0.1, -0.05) is 0 Å². The number of nitrogens with one attached hydrogen (secondary N) is 1. The lowest BCUT2D eigenvalue weighted by atomic mass is 9.95. The highest BCUT2D eigenvalue weighted by molar-refractivity contribution is 5.65. The number of H-pyrrole nitrogens is 1. The van der Waals surface area contributed by atoms with Crippen LogP contribution in [0.5, 0.6) is 0 Å². The molecule has 2 heterocycles. The van der Waals surface area contributed by atoms with Crippen LogP contribution in [0.25, 0.3) is 0 Å². The largest absolute Gasteiger partial charge is 0.465 e. The number of nitrogens with zero attached hydrogens (tertiary/aromatic N) is 2. The molecule has 0 saturated carbocycles. The maximum Gasteiger partial charge on any atom is 0.407 e. The molecule has 1 fully saturated rings. The number of aromatic nitrogens is 2. The molecule has 1 aromatic rings. The quantitative estimate of drug-likeness (QED) is 0.647. The second-order valence-corrected chi connectivity index (χ2v) is 4.12. The number of amides is 1. The van der Waals surface area contributed by atoms with Crippen molar-refractivity contribution in [2.45, 2.75) is 18.8 Å². The van der Waals surface area contributed by atoms with Gasteiger partial charge in [-0.3, -0.25) is 9.78 Å². The lowest BCUT2D eigenvalue weighted by molar-refractivity contribution is 0.130. The standard InChI is InChI=1S/C10H14N4O3/c11-9-12-7(4-8(15)13-9)6-2-1-3-14(5-6)10(16)17/h4,6H,1-3,5H2,(H,16,17)(H3,11,12,13,15). The van der Waals surface area contributed by atoms with Crippen molar-refractivity contribution in [3.05, 3.63) is 22.1 Å². The average Bonchev–Trinajstić information content (AvgIpc) is 2.28. The van der Waals surface area contributed by atoms with Crippen molar-refractivity contribution < 1.29 is 9.90 Å². The minimum absolute atomic E-state index is 0.0514. The first kappa shape index (κ1) is 11.4. The van der Waals surface area contributed by atoms with E-state index in [4.69, 9.17) is 10.8 Å². The van der Waals surface area contributed by atoms with Crippen LogP contribution in [0, 0.1) is 0 Å². The first-order valence-corrected chi connectivity index (χ1v) is 5.41. The summed E-state index contributed by atoms with van der Waals surface area (Å²) in [6.07, 6.45) is 0.651. The third-order valence-electron chi connectivity index (χ3n) is 2.89. The molecule has 0 aliphatic carbocycles. The zero-order chi connectivity index (χ0) is 12.4. The zero-order valence-corrected chi connectivity index (χ0v) is 9.22. The van der Waals surface area contributed by atoms with Crippen molar-refractivity contribution >= 4 is 12.0 Å². The Bertz CT molecular complexity index is 485. The van der Waals surface area contributed by atoms with Gasteiger partial charge in [0.2, 0.25) is 5.95 Å². The molecule has 7 nitrogen and oxygen atoms in total. The van der Waals surface area contributed by atoms with Crippen molar-refractivity contribution in [2.24, 2.45) is 0 Å². The van der Waals surface area contributed by atoms with Crippen LogP contribution in [-0.2, 0) is 0 Å². The maximum absolute atomic E-state index is 11.3. The Morgan fingerprint density at radius 3 is 3.06 bits per heavy atom. The molecule has 92 valence electrons. The van der Waals surface area contributed by atoms with Gasteiger partial charge >= 0.3 is 6.09 Å². The summed E-state index contributed by atoms with van der Waals surface area (Å²) < 4.78 is 0. The number of anilines is 1. The van der Waals surface area contributed by atoms with E-state index in [1.807, 2.05) is 0 Å². The minimum atomic E-state index is -0.937. The van der Waals surface area contributed by atoms with E-state index in [1.165, 1.54) is 11.0 Å². The van der Waals surface area contributed by atoms with E-state index in [9.17, 15) is 9.59 Å². The molecule has 0 spiro atoms. The van der Waals surface area contributed by atoms with Gasteiger partial charge in [0.25, 0.3) is 5.56 Å². The maximum atomic E-state index is 11.3. The summed E-state index contributed by atoms with van der Waals surface area (Å²) in [4.78, 5) is 29.9. The molecule has 0 radical (unpaired) electrons. The molecular weight excluding hydrogens is 224 g/mol. The molecule has 1 aliphatic heterocycles. The van der Waals surface area contributed by atoms with E-state index in [0.717, 1.165) is 12.8 Å². The summed E-state index contributed by atoms with van der Waals surface area (Å²) in [7, 11) is 0. The Hall–Kier alpha value is -2.05. The Morgan fingerprint density at radius 1 is 1.65 bits per heavy atom. The van der Waals surface area contributed by atoms with E-state index in [2.05, 4.69) is 9.97 Å². The highest BCUT2D eigenvalue weighted by atomic mass is 16.4. The number of likely N-dealkylation sites (tertiary alicyclic amines) is 1. The van der Waals surface area contributed by atoms with Crippen LogP contribution in [0.2, 0.25) is 0 Å². The fraction of sp³-hybridized carbons (Fsp3) is 0.500. The molecule has 1 saturated heterocycles. The fourth-order valence-electron chi connectivity index (χ4n) is 2.10. The summed E-state index contributed by atoms with van der Waals surface area (Å²) in [5.74, 6) is 0.0180. The van der Waals surface area contributed by atoms with Gasteiger partial charge in [-0.15, -0.1) is 0 Å². The Balaban J connectivity index is 2.21. The number of aromatic amines is 1. The topological polar surface area (TPSA) is 112 Å². The van der Waals surface area contributed by atoms with Gasteiger partial charge in [0, 0.05) is 25.1 Å². The number of nitrogen functional groups attached to an aromatic ring is 1. The highest BCUT2D eigenvalue weighted by Gasteiger charge is 2.25. The molecule has 7 heteroatoms. The number of piperidine rings is 1. The predicted octanol–water partition coefficient (Wildman–Crippen LogP) is 0.210. The van der Waals surface area contributed by atoms with Crippen molar-refractivity contribution in [1.29, 1.82) is 0 Å². The first-order chi connectivity index (χ1) is 8.06.